The van der Waals surface area contributed by atoms with Crippen molar-refractivity contribution in [2.45, 2.75) is 93.7 Å². The lowest BCUT2D eigenvalue weighted by molar-refractivity contribution is 0.00578. The first-order chi connectivity index (χ1) is 16.0. The predicted octanol–water partition coefficient (Wildman–Crippen LogP) is 6.09. The summed E-state index contributed by atoms with van der Waals surface area (Å²) in [6, 6.07) is 17.1. The van der Waals surface area contributed by atoms with Crippen molar-refractivity contribution >= 4 is 28.9 Å². The predicted molar refractivity (Wildman–Crippen MR) is 142 cm³/mol. The molecule has 1 heterocycles. The van der Waals surface area contributed by atoms with Crippen LogP contribution in [0, 0.1) is 6.92 Å². The van der Waals surface area contributed by atoms with Gasteiger partial charge in [-0.1, -0.05) is 48.7 Å². The Balaban J connectivity index is 1.55. The monoisotopic (exact) mass is 503 g/mol. The number of sulfonamides is 1. The molecule has 0 spiro atoms. The smallest absolute Gasteiger partial charge is 0.403 e. The first kappa shape index (κ1) is 27.3. The van der Waals surface area contributed by atoms with Crippen molar-refractivity contribution < 1.29 is 17.7 Å². The Morgan fingerprint density at radius 3 is 2.15 bits per heavy atom. The Morgan fingerprint density at radius 1 is 0.912 bits per heavy atom. The molecule has 8 heteroatoms. The molecule has 0 bridgehead atoms. The minimum Gasteiger partial charge on any atom is -0.403 e. The van der Waals surface area contributed by atoms with Crippen LogP contribution in [0.1, 0.15) is 58.9 Å². The summed E-state index contributed by atoms with van der Waals surface area (Å²) in [4.78, 5) is 1.51. The van der Waals surface area contributed by atoms with Crippen molar-refractivity contribution in [3.63, 3.8) is 0 Å². The minimum atomic E-state index is -3.56. The first-order valence-corrected chi connectivity index (χ1v) is 14.6. The largest absolute Gasteiger partial charge is 0.457 e. The van der Waals surface area contributed by atoms with Crippen LogP contribution < -0.4 is 4.72 Å². The van der Waals surface area contributed by atoms with Gasteiger partial charge in [-0.05, 0) is 83.8 Å². The van der Waals surface area contributed by atoms with Gasteiger partial charge in [0.25, 0.3) is 0 Å². The van der Waals surface area contributed by atoms with Gasteiger partial charge in [-0.3, -0.25) is 0 Å². The van der Waals surface area contributed by atoms with Crippen molar-refractivity contribution in [1.29, 1.82) is 0 Å². The highest BCUT2D eigenvalue weighted by atomic mass is 32.2. The second kappa shape index (κ2) is 11.6. The standard InChI is InChI=1S/C26H38BNO4S2/c1-21-14-16-24(17-15-21)34(29,30)28-22(18-20-33-23-12-7-6-8-13-23)11-9-10-19-27-31-25(2,3)26(4,5)32-27/h6-8,12-17,22,28H,9-11,18-20H2,1-5H3/t22-/m1/s1. The van der Waals surface area contributed by atoms with Crippen LogP contribution >= 0.6 is 11.8 Å². The molecule has 3 rings (SSSR count). The summed E-state index contributed by atoms with van der Waals surface area (Å²) >= 11 is 1.76. The van der Waals surface area contributed by atoms with Crippen LogP contribution in [0.2, 0.25) is 6.32 Å². The molecule has 0 amide bonds. The Labute approximate surface area is 210 Å². The molecule has 2 aromatic carbocycles. The van der Waals surface area contributed by atoms with Gasteiger partial charge < -0.3 is 9.31 Å². The highest BCUT2D eigenvalue weighted by molar-refractivity contribution is 7.99. The van der Waals surface area contributed by atoms with Gasteiger partial charge in [0.2, 0.25) is 10.0 Å². The molecule has 1 aliphatic heterocycles. The van der Waals surface area contributed by atoms with Gasteiger partial charge in [0.05, 0.1) is 16.1 Å². The zero-order valence-corrected chi connectivity index (χ0v) is 22.7. The lowest BCUT2D eigenvalue weighted by atomic mass is 9.82. The van der Waals surface area contributed by atoms with Gasteiger partial charge >= 0.3 is 7.12 Å². The number of aryl methyl sites for hydroxylation is 1. The van der Waals surface area contributed by atoms with Crippen LogP contribution in [0.25, 0.3) is 0 Å². The third-order valence-electron chi connectivity index (χ3n) is 6.68. The normalized spacial score (nSPS) is 18.2. The number of hydrogen-bond acceptors (Lipinski definition) is 5. The maximum atomic E-state index is 13.0. The first-order valence-electron chi connectivity index (χ1n) is 12.1. The van der Waals surface area contributed by atoms with E-state index in [9.17, 15) is 8.42 Å². The van der Waals surface area contributed by atoms with Crippen molar-refractivity contribution in [3.05, 3.63) is 60.2 Å². The highest BCUT2D eigenvalue weighted by Gasteiger charge is 2.50. The quantitative estimate of drug-likeness (QED) is 0.216. The zero-order valence-electron chi connectivity index (χ0n) is 21.0. The van der Waals surface area contributed by atoms with Crippen LogP contribution in [0.5, 0.6) is 0 Å². The number of hydrogen-bond donors (Lipinski definition) is 1. The lowest BCUT2D eigenvalue weighted by Crippen LogP contribution is -2.41. The van der Waals surface area contributed by atoms with E-state index < -0.39 is 10.0 Å². The molecule has 1 fully saturated rings. The Bertz CT molecular complexity index is 995. The van der Waals surface area contributed by atoms with E-state index in [1.54, 1.807) is 23.9 Å². The van der Waals surface area contributed by atoms with Gasteiger partial charge in [-0.15, -0.1) is 11.8 Å². The van der Waals surface area contributed by atoms with Crippen molar-refractivity contribution in [2.75, 3.05) is 5.75 Å². The van der Waals surface area contributed by atoms with Crippen LogP contribution in [-0.2, 0) is 19.3 Å². The highest BCUT2D eigenvalue weighted by Crippen LogP contribution is 2.38. The van der Waals surface area contributed by atoms with Crippen LogP contribution in [-0.4, -0.2) is 38.5 Å². The molecule has 186 valence electrons. The van der Waals surface area contributed by atoms with E-state index in [-0.39, 0.29) is 24.4 Å². The fourth-order valence-corrected chi connectivity index (χ4v) is 6.18. The van der Waals surface area contributed by atoms with E-state index in [4.69, 9.17) is 9.31 Å². The number of unbranched alkanes of at least 4 members (excludes halogenated alkanes) is 1. The maximum Gasteiger partial charge on any atom is 0.457 e. The van der Waals surface area contributed by atoms with Crippen LogP contribution in [0.3, 0.4) is 0 Å². The molecular weight excluding hydrogens is 465 g/mol. The molecule has 0 saturated carbocycles. The number of rotatable bonds is 12. The van der Waals surface area contributed by atoms with Crippen molar-refractivity contribution in [2.24, 2.45) is 0 Å². The molecule has 0 radical (unpaired) electrons. The molecule has 1 saturated heterocycles. The molecule has 0 aromatic heterocycles. The zero-order chi connectivity index (χ0) is 24.8. The average molecular weight is 504 g/mol. The van der Waals surface area contributed by atoms with E-state index in [0.29, 0.717) is 4.90 Å². The average Bonchev–Trinajstić information content (AvgIpc) is 2.98. The number of benzene rings is 2. The Hall–Kier alpha value is -1.32. The van der Waals surface area contributed by atoms with E-state index in [1.165, 1.54) is 4.90 Å². The summed E-state index contributed by atoms with van der Waals surface area (Å²) in [6.07, 6.45) is 4.18. The molecule has 34 heavy (non-hydrogen) atoms. The molecule has 0 aliphatic carbocycles. The van der Waals surface area contributed by atoms with Gasteiger partial charge in [0.1, 0.15) is 0 Å². The summed E-state index contributed by atoms with van der Waals surface area (Å²) in [7, 11) is -3.77. The topological polar surface area (TPSA) is 64.6 Å². The Morgan fingerprint density at radius 2 is 1.53 bits per heavy atom. The summed E-state index contributed by atoms with van der Waals surface area (Å²) in [5.41, 5.74) is 0.398. The van der Waals surface area contributed by atoms with Gasteiger partial charge in [-0.2, -0.15) is 0 Å². The summed E-state index contributed by atoms with van der Waals surface area (Å²) in [5.74, 6) is 0.850. The molecular formula is C26H38BNO4S2. The third-order valence-corrected chi connectivity index (χ3v) is 9.26. The van der Waals surface area contributed by atoms with E-state index in [1.807, 2.05) is 37.3 Å². The molecule has 1 N–H and O–H groups in total. The summed E-state index contributed by atoms with van der Waals surface area (Å²) in [5, 5.41) is 0. The molecule has 0 unspecified atom stereocenters. The molecule has 1 atom stereocenters. The SMILES string of the molecule is Cc1ccc(S(=O)(=O)N[C@H](CCCCB2OC(C)(C)C(C)(C)O2)CCSc2ccccc2)cc1. The number of nitrogens with one attached hydrogen (secondary N) is 1. The molecule has 2 aromatic rings. The van der Waals surface area contributed by atoms with E-state index in [0.717, 1.165) is 43.3 Å². The summed E-state index contributed by atoms with van der Waals surface area (Å²) < 4.78 is 41.2. The van der Waals surface area contributed by atoms with Gasteiger partial charge in [0, 0.05) is 10.9 Å². The third kappa shape index (κ3) is 7.59. The van der Waals surface area contributed by atoms with Gasteiger partial charge in [-0.25, -0.2) is 13.1 Å². The molecule has 1 aliphatic rings. The lowest BCUT2D eigenvalue weighted by Gasteiger charge is -2.32. The maximum absolute atomic E-state index is 13.0. The minimum absolute atomic E-state index is 0.124. The number of thioether (sulfide) groups is 1. The Kier molecular flexibility index (Phi) is 9.32. The van der Waals surface area contributed by atoms with Crippen molar-refractivity contribution in [1.82, 2.24) is 4.72 Å². The van der Waals surface area contributed by atoms with Crippen LogP contribution in [0.4, 0.5) is 0 Å². The van der Waals surface area contributed by atoms with E-state index >= 15 is 0 Å². The van der Waals surface area contributed by atoms with E-state index in [2.05, 4.69) is 44.5 Å². The van der Waals surface area contributed by atoms with Crippen molar-refractivity contribution in [3.8, 4) is 0 Å². The van der Waals surface area contributed by atoms with Gasteiger partial charge in [0.15, 0.2) is 0 Å². The fraction of sp³-hybridized carbons (Fsp3) is 0.538. The second-order valence-corrected chi connectivity index (χ2v) is 12.9. The summed E-state index contributed by atoms with van der Waals surface area (Å²) in [6.45, 7) is 10.2. The van der Waals surface area contributed by atoms with Crippen LogP contribution in [0.15, 0.2) is 64.4 Å². The fourth-order valence-electron chi connectivity index (χ4n) is 3.89. The molecule has 5 nitrogen and oxygen atoms in total. The second-order valence-electron chi connectivity index (χ2n) is 10.1.